The van der Waals surface area contributed by atoms with Gasteiger partial charge in [0.05, 0.1) is 0 Å². The summed E-state index contributed by atoms with van der Waals surface area (Å²) in [6.07, 6.45) is 1.37. The molecule has 0 aliphatic heterocycles. The molecule has 3 N–H and O–H groups in total. The van der Waals surface area contributed by atoms with Gasteiger partial charge in [-0.3, -0.25) is 15.0 Å². The van der Waals surface area contributed by atoms with Crippen molar-refractivity contribution in [1.29, 1.82) is 0 Å². The standard InChI is InChI=1S/C17H16BrN3O2/c1-12(20-21-17(23)13-5-3-2-4-6-13)11-16(22)19-15-9-7-14(18)8-10-15/h2-11,20H,1H3,(H,19,22)(H,21,23). The Morgan fingerprint density at radius 3 is 2.26 bits per heavy atom. The Bertz CT molecular complexity index is 712. The van der Waals surface area contributed by atoms with Gasteiger partial charge in [0.1, 0.15) is 0 Å². The summed E-state index contributed by atoms with van der Waals surface area (Å²) in [6.45, 7) is 1.69. The van der Waals surface area contributed by atoms with Gasteiger partial charge in [-0.1, -0.05) is 34.1 Å². The number of hydrogen-bond acceptors (Lipinski definition) is 3. The summed E-state index contributed by atoms with van der Waals surface area (Å²) >= 11 is 3.33. The number of carbonyl (C=O) groups is 2. The van der Waals surface area contributed by atoms with E-state index in [0.29, 0.717) is 16.9 Å². The minimum absolute atomic E-state index is 0.272. The summed E-state index contributed by atoms with van der Waals surface area (Å²) in [7, 11) is 0. The van der Waals surface area contributed by atoms with Crippen molar-refractivity contribution in [2.45, 2.75) is 6.92 Å². The molecular weight excluding hydrogens is 358 g/mol. The zero-order chi connectivity index (χ0) is 16.7. The van der Waals surface area contributed by atoms with E-state index in [0.717, 1.165) is 4.47 Å². The maximum atomic E-state index is 11.9. The van der Waals surface area contributed by atoms with Crippen LogP contribution in [-0.4, -0.2) is 11.8 Å². The first-order valence-corrected chi connectivity index (χ1v) is 7.70. The van der Waals surface area contributed by atoms with Crippen molar-refractivity contribution < 1.29 is 9.59 Å². The van der Waals surface area contributed by atoms with Crippen LogP contribution in [0.4, 0.5) is 5.69 Å². The van der Waals surface area contributed by atoms with E-state index < -0.39 is 0 Å². The van der Waals surface area contributed by atoms with Crippen LogP contribution < -0.4 is 16.2 Å². The van der Waals surface area contributed by atoms with E-state index >= 15 is 0 Å². The van der Waals surface area contributed by atoms with E-state index in [1.807, 2.05) is 18.2 Å². The number of rotatable bonds is 5. The van der Waals surface area contributed by atoms with Crippen LogP contribution in [0.3, 0.4) is 0 Å². The highest BCUT2D eigenvalue weighted by atomic mass is 79.9. The Morgan fingerprint density at radius 1 is 0.957 bits per heavy atom. The van der Waals surface area contributed by atoms with Gasteiger partial charge in [0, 0.05) is 27.5 Å². The Kier molecular flexibility index (Phi) is 5.94. The third-order valence-electron chi connectivity index (χ3n) is 2.87. The zero-order valence-electron chi connectivity index (χ0n) is 12.5. The van der Waals surface area contributed by atoms with Crippen LogP contribution in [0.1, 0.15) is 17.3 Å². The molecule has 0 saturated carbocycles. The number of allylic oxidation sites excluding steroid dienone is 1. The zero-order valence-corrected chi connectivity index (χ0v) is 14.1. The van der Waals surface area contributed by atoms with Crippen molar-refractivity contribution in [3.8, 4) is 0 Å². The molecule has 5 nitrogen and oxygen atoms in total. The van der Waals surface area contributed by atoms with Crippen LogP contribution in [0.25, 0.3) is 0 Å². The first-order chi connectivity index (χ1) is 11.0. The second-order valence-corrected chi connectivity index (χ2v) is 5.68. The summed E-state index contributed by atoms with van der Waals surface area (Å²) in [6, 6.07) is 16.1. The highest BCUT2D eigenvalue weighted by Gasteiger charge is 2.04. The molecule has 0 unspecified atom stereocenters. The van der Waals surface area contributed by atoms with Crippen molar-refractivity contribution in [2.24, 2.45) is 0 Å². The number of hydrogen-bond donors (Lipinski definition) is 3. The van der Waals surface area contributed by atoms with Crippen LogP contribution in [0, 0.1) is 0 Å². The molecule has 0 bridgehead atoms. The molecule has 2 amide bonds. The summed E-state index contributed by atoms with van der Waals surface area (Å²) in [5.74, 6) is -0.557. The highest BCUT2D eigenvalue weighted by Crippen LogP contribution is 2.14. The number of anilines is 1. The Labute approximate surface area is 142 Å². The smallest absolute Gasteiger partial charge is 0.269 e. The van der Waals surface area contributed by atoms with Gasteiger partial charge in [-0.05, 0) is 43.3 Å². The van der Waals surface area contributed by atoms with Gasteiger partial charge in [-0.15, -0.1) is 0 Å². The Balaban J connectivity index is 1.85. The van der Waals surface area contributed by atoms with Crippen molar-refractivity contribution in [3.63, 3.8) is 0 Å². The van der Waals surface area contributed by atoms with Gasteiger partial charge in [0.2, 0.25) is 5.91 Å². The molecule has 2 rings (SSSR count). The molecule has 0 atom stereocenters. The maximum absolute atomic E-state index is 11.9. The normalized spacial score (nSPS) is 10.8. The molecule has 0 spiro atoms. The fraction of sp³-hybridized carbons (Fsp3) is 0.0588. The molecule has 0 heterocycles. The lowest BCUT2D eigenvalue weighted by Gasteiger charge is -2.09. The predicted octanol–water partition coefficient (Wildman–Crippen LogP) is 3.23. The average Bonchev–Trinajstić information content (AvgIpc) is 2.55. The van der Waals surface area contributed by atoms with Crippen LogP contribution in [-0.2, 0) is 4.79 Å². The van der Waals surface area contributed by atoms with Gasteiger partial charge in [0.15, 0.2) is 0 Å². The summed E-state index contributed by atoms with van der Waals surface area (Å²) in [4.78, 5) is 23.7. The number of benzene rings is 2. The molecule has 0 aromatic heterocycles. The maximum Gasteiger partial charge on any atom is 0.269 e. The number of amides is 2. The van der Waals surface area contributed by atoms with E-state index in [2.05, 4.69) is 32.1 Å². The van der Waals surface area contributed by atoms with Gasteiger partial charge in [-0.25, -0.2) is 0 Å². The first kappa shape index (κ1) is 16.8. The van der Waals surface area contributed by atoms with Crippen LogP contribution in [0.15, 0.2) is 70.8 Å². The highest BCUT2D eigenvalue weighted by molar-refractivity contribution is 9.10. The fourth-order valence-corrected chi connectivity index (χ4v) is 2.03. The van der Waals surface area contributed by atoms with Gasteiger partial charge >= 0.3 is 0 Å². The van der Waals surface area contributed by atoms with E-state index in [1.54, 1.807) is 43.3 Å². The van der Waals surface area contributed by atoms with Crippen molar-refractivity contribution in [2.75, 3.05) is 5.32 Å². The molecule has 23 heavy (non-hydrogen) atoms. The van der Waals surface area contributed by atoms with E-state index in [1.165, 1.54) is 6.08 Å². The molecule has 0 fully saturated rings. The molecule has 0 aliphatic rings. The quantitative estimate of drug-likeness (QED) is 0.556. The van der Waals surface area contributed by atoms with Crippen molar-refractivity contribution in [3.05, 3.63) is 76.4 Å². The number of carbonyl (C=O) groups excluding carboxylic acids is 2. The summed E-state index contributed by atoms with van der Waals surface area (Å²) in [5.41, 5.74) is 6.97. The van der Waals surface area contributed by atoms with Crippen LogP contribution >= 0.6 is 15.9 Å². The number of nitrogens with one attached hydrogen (secondary N) is 3. The lowest BCUT2D eigenvalue weighted by molar-refractivity contribution is -0.112. The van der Waals surface area contributed by atoms with E-state index in [9.17, 15) is 9.59 Å². The third kappa shape index (κ3) is 5.60. The summed E-state index contributed by atoms with van der Waals surface area (Å²) < 4.78 is 0.938. The molecule has 118 valence electrons. The molecule has 0 radical (unpaired) electrons. The van der Waals surface area contributed by atoms with Gasteiger partial charge < -0.3 is 10.7 Å². The molecule has 6 heteroatoms. The Hall–Kier alpha value is -2.60. The van der Waals surface area contributed by atoms with E-state index in [4.69, 9.17) is 0 Å². The predicted molar refractivity (Wildman–Crippen MR) is 93.6 cm³/mol. The second-order valence-electron chi connectivity index (χ2n) is 4.77. The Morgan fingerprint density at radius 2 is 1.61 bits per heavy atom. The SMILES string of the molecule is CC(=CC(=O)Nc1ccc(Br)cc1)NNC(=O)c1ccccc1. The third-order valence-corrected chi connectivity index (χ3v) is 3.40. The molecule has 0 saturated heterocycles. The summed E-state index contributed by atoms with van der Waals surface area (Å²) in [5, 5.41) is 2.73. The number of hydrazine groups is 1. The second kappa shape index (κ2) is 8.14. The lowest BCUT2D eigenvalue weighted by atomic mass is 10.2. The van der Waals surface area contributed by atoms with E-state index in [-0.39, 0.29) is 11.8 Å². The van der Waals surface area contributed by atoms with Crippen LogP contribution in [0.5, 0.6) is 0 Å². The lowest BCUT2D eigenvalue weighted by Crippen LogP contribution is -2.36. The average molecular weight is 374 g/mol. The van der Waals surface area contributed by atoms with Crippen LogP contribution in [0.2, 0.25) is 0 Å². The number of halogens is 1. The first-order valence-electron chi connectivity index (χ1n) is 6.91. The van der Waals surface area contributed by atoms with Gasteiger partial charge in [0.25, 0.3) is 5.91 Å². The van der Waals surface area contributed by atoms with Crippen molar-refractivity contribution >= 4 is 33.4 Å². The minimum atomic E-state index is -0.286. The minimum Gasteiger partial charge on any atom is -0.322 e. The van der Waals surface area contributed by atoms with Crippen molar-refractivity contribution in [1.82, 2.24) is 10.9 Å². The fourth-order valence-electron chi connectivity index (χ4n) is 1.76. The molecular formula is C17H16BrN3O2. The van der Waals surface area contributed by atoms with Gasteiger partial charge in [-0.2, -0.15) is 0 Å². The molecule has 2 aromatic rings. The molecule has 2 aromatic carbocycles. The topological polar surface area (TPSA) is 70.2 Å². The largest absolute Gasteiger partial charge is 0.322 e. The monoisotopic (exact) mass is 373 g/mol. The molecule has 0 aliphatic carbocycles.